The zero-order valence-corrected chi connectivity index (χ0v) is 17.4. The number of ether oxygens (including phenoxy) is 2. The molecule has 0 bridgehead atoms. The lowest BCUT2D eigenvalue weighted by Crippen LogP contribution is -2.32. The van der Waals surface area contributed by atoms with E-state index in [0.29, 0.717) is 25.6 Å². The first-order valence-electron chi connectivity index (χ1n) is 9.88. The lowest BCUT2D eigenvalue weighted by molar-refractivity contribution is -0.114. The average Bonchev–Trinajstić information content (AvgIpc) is 3.33. The van der Waals surface area contributed by atoms with Gasteiger partial charge in [-0.05, 0) is 30.2 Å². The summed E-state index contributed by atoms with van der Waals surface area (Å²) in [6, 6.07) is 5.85. The van der Waals surface area contributed by atoms with Crippen molar-refractivity contribution in [2.24, 2.45) is 7.05 Å². The van der Waals surface area contributed by atoms with Gasteiger partial charge in [0, 0.05) is 44.8 Å². The number of pyridine rings is 2. The van der Waals surface area contributed by atoms with Crippen molar-refractivity contribution >= 4 is 22.6 Å². The number of fused-ring (bicyclic) bond motifs is 1. The Kier molecular flexibility index (Phi) is 5.55. The van der Waals surface area contributed by atoms with Crippen LogP contribution in [0.3, 0.4) is 0 Å². The molecule has 8 heteroatoms. The largest absolute Gasteiger partial charge is 0.395 e. The van der Waals surface area contributed by atoms with Gasteiger partial charge in [0.25, 0.3) is 0 Å². The average molecular weight is 410 g/mol. The van der Waals surface area contributed by atoms with Gasteiger partial charge in [0.1, 0.15) is 5.82 Å². The van der Waals surface area contributed by atoms with E-state index in [1.807, 2.05) is 36.0 Å². The molecule has 158 valence electrons. The van der Waals surface area contributed by atoms with Crippen LogP contribution in [-0.2, 0) is 33.3 Å². The number of hydrogen-bond acceptors (Lipinski definition) is 6. The Labute approximate surface area is 174 Å². The summed E-state index contributed by atoms with van der Waals surface area (Å²) in [5.74, 6) is 0.319. The number of nitrogens with zero attached hydrogens (tertiary/aromatic N) is 3. The van der Waals surface area contributed by atoms with Crippen LogP contribution in [0.2, 0.25) is 0 Å². The minimum atomic E-state index is -0.508. The van der Waals surface area contributed by atoms with Gasteiger partial charge in [0.2, 0.25) is 5.91 Å². The van der Waals surface area contributed by atoms with Crippen LogP contribution in [0.4, 0.5) is 5.82 Å². The maximum Gasteiger partial charge on any atom is 0.222 e. The molecule has 0 unspecified atom stereocenters. The molecular weight excluding hydrogens is 384 g/mol. The second kappa shape index (κ2) is 8.14. The molecule has 0 radical (unpaired) electrons. The van der Waals surface area contributed by atoms with Gasteiger partial charge in [-0.25, -0.2) is 4.98 Å². The monoisotopic (exact) mass is 410 g/mol. The minimum absolute atomic E-state index is 0.0258. The van der Waals surface area contributed by atoms with E-state index in [2.05, 4.69) is 10.3 Å². The Morgan fingerprint density at radius 3 is 2.90 bits per heavy atom. The number of aryl methyl sites for hydroxylation is 1. The summed E-state index contributed by atoms with van der Waals surface area (Å²) in [4.78, 5) is 20.7. The SMILES string of the molecule is COCc1cc(-c2cn(C)c3cnc(NC(C)=O)cc23)nc([C@]2(CO)CCOC2)c1. The first-order chi connectivity index (χ1) is 14.5. The number of rotatable bonds is 6. The van der Waals surface area contributed by atoms with Crippen LogP contribution in [0.5, 0.6) is 0 Å². The summed E-state index contributed by atoms with van der Waals surface area (Å²) >= 11 is 0. The molecule has 30 heavy (non-hydrogen) atoms. The van der Waals surface area contributed by atoms with Gasteiger partial charge in [-0.2, -0.15) is 0 Å². The minimum Gasteiger partial charge on any atom is -0.395 e. The molecule has 3 aromatic rings. The number of aliphatic hydroxyl groups excluding tert-OH is 1. The predicted molar refractivity (Wildman–Crippen MR) is 113 cm³/mol. The van der Waals surface area contributed by atoms with Crippen LogP contribution in [0.1, 0.15) is 24.6 Å². The number of amides is 1. The van der Waals surface area contributed by atoms with E-state index in [9.17, 15) is 9.90 Å². The molecule has 2 N–H and O–H groups in total. The van der Waals surface area contributed by atoms with Gasteiger partial charge >= 0.3 is 0 Å². The van der Waals surface area contributed by atoms with Crippen molar-refractivity contribution in [3.63, 3.8) is 0 Å². The van der Waals surface area contributed by atoms with Crippen molar-refractivity contribution in [1.29, 1.82) is 0 Å². The quantitative estimate of drug-likeness (QED) is 0.648. The van der Waals surface area contributed by atoms with Crippen molar-refractivity contribution < 1.29 is 19.4 Å². The highest BCUT2D eigenvalue weighted by atomic mass is 16.5. The van der Waals surface area contributed by atoms with Gasteiger partial charge in [0.15, 0.2) is 0 Å². The number of hydrogen-bond donors (Lipinski definition) is 2. The Morgan fingerprint density at radius 1 is 1.40 bits per heavy atom. The fraction of sp³-hybridized carbons (Fsp3) is 0.409. The fourth-order valence-electron chi connectivity index (χ4n) is 3.99. The molecule has 4 heterocycles. The fourth-order valence-corrected chi connectivity index (χ4v) is 3.99. The van der Waals surface area contributed by atoms with E-state index in [-0.39, 0.29) is 12.5 Å². The van der Waals surface area contributed by atoms with E-state index in [4.69, 9.17) is 14.5 Å². The standard InChI is InChI=1S/C22H26N4O4/c1-14(28)24-21-8-16-17(10-26(2)19(16)9-23-21)18-6-15(11-29-3)7-20(25-18)22(12-27)4-5-30-13-22/h6-10,27H,4-5,11-13H2,1-3H3,(H,23,24,28)/t22-/m0/s1. The second-order valence-corrected chi connectivity index (χ2v) is 7.84. The van der Waals surface area contributed by atoms with Crippen LogP contribution >= 0.6 is 0 Å². The summed E-state index contributed by atoms with van der Waals surface area (Å²) < 4.78 is 13.0. The zero-order chi connectivity index (χ0) is 21.3. The van der Waals surface area contributed by atoms with Gasteiger partial charge in [-0.15, -0.1) is 0 Å². The molecule has 1 aliphatic rings. The van der Waals surface area contributed by atoms with Gasteiger partial charge in [-0.1, -0.05) is 0 Å². The predicted octanol–water partition coefficient (Wildman–Crippen LogP) is 2.39. The molecule has 1 fully saturated rings. The van der Waals surface area contributed by atoms with Crippen molar-refractivity contribution in [3.8, 4) is 11.3 Å². The molecule has 3 aromatic heterocycles. The number of methoxy groups -OCH3 is 1. The molecule has 0 aromatic carbocycles. The summed E-state index contributed by atoms with van der Waals surface area (Å²) in [6.45, 7) is 2.92. The molecule has 0 spiro atoms. The normalized spacial score (nSPS) is 18.8. The van der Waals surface area contributed by atoms with Crippen LogP contribution < -0.4 is 5.32 Å². The summed E-state index contributed by atoms with van der Waals surface area (Å²) in [7, 11) is 3.61. The van der Waals surface area contributed by atoms with E-state index in [1.165, 1.54) is 6.92 Å². The summed E-state index contributed by atoms with van der Waals surface area (Å²) in [5.41, 5.74) is 3.91. The highest BCUT2D eigenvalue weighted by Gasteiger charge is 2.38. The van der Waals surface area contributed by atoms with Crippen LogP contribution in [0.25, 0.3) is 22.2 Å². The lowest BCUT2D eigenvalue weighted by Gasteiger charge is -2.25. The highest BCUT2D eigenvalue weighted by Crippen LogP contribution is 2.36. The molecule has 1 saturated heterocycles. The van der Waals surface area contributed by atoms with Crippen LogP contribution in [-0.4, -0.2) is 52.5 Å². The maximum atomic E-state index is 11.5. The van der Waals surface area contributed by atoms with Gasteiger partial charge < -0.3 is 24.5 Å². The summed E-state index contributed by atoms with van der Waals surface area (Å²) in [5, 5.41) is 13.8. The molecule has 0 saturated carbocycles. The zero-order valence-electron chi connectivity index (χ0n) is 17.4. The number of carbonyl (C=O) groups excluding carboxylic acids is 1. The number of anilines is 1. The molecule has 1 amide bonds. The van der Waals surface area contributed by atoms with E-state index >= 15 is 0 Å². The summed E-state index contributed by atoms with van der Waals surface area (Å²) in [6.07, 6.45) is 4.46. The van der Waals surface area contributed by atoms with Crippen molar-refractivity contribution in [1.82, 2.24) is 14.5 Å². The third kappa shape index (κ3) is 3.69. The Morgan fingerprint density at radius 2 is 2.23 bits per heavy atom. The molecular formula is C22H26N4O4. The second-order valence-electron chi connectivity index (χ2n) is 7.84. The molecule has 1 aliphatic heterocycles. The molecule has 4 rings (SSSR count). The topological polar surface area (TPSA) is 98.5 Å². The van der Waals surface area contributed by atoms with Crippen molar-refractivity contribution in [2.45, 2.75) is 25.4 Å². The Hall–Kier alpha value is -2.81. The Balaban J connectivity index is 1.89. The molecule has 1 atom stereocenters. The van der Waals surface area contributed by atoms with E-state index in [1.54, 1.807) is 13.3 Å². The third-order valence-electron chi connectivity index (χ3n) is 5.60. The van der Waals surface area contributed by atoms with Crippen LogP contribution in [0.15, 0.2) is 30.6 Å². The highest BCUT2D eigenvalue weighted by molar-refractivity contribution is 5.98. The first kappa shape index (κ1) is 20.5. The van der Waals surface area contributed by atoms with Gasteiger partial charge in [-0.3, -0.25) is 9.78 Å². The number of aliphatic hydroxyl groups is 1. The van der Waals surface area contributed by atoms with Crippen molar-refractivity contribution in [3.05, 3.63) is 41.9 Å². The molecule has 8 nitrogen and oxygen atoms in total. The van der Waals surface area contributed by atoms with Crippen LogP contribution in [0, 0.1) is 0 Å². The maximum absolute atomic E-state index is 11.5. The third-order valence-corrected chi connectivity index (χ3v) is 5.60. The smallest absolute Gasteiger partial charge is 0.222 e. The van der Waals surface area contributed by atoms with Gasteiger partial charge in [0.05, 0.1) is 48.3 Å². The molecule has 0 aliphatic carbocycles. The Bertz CT molecular complexity index is 1090. The van der Waals surface area contributed by atoms with E-state index < -0.39 is 5.41 Å². The first-order valence-corrected chi connectivity index (χ1v) is 9.88. The lowest BCUT2D eigenvalue weighted by atomic mass is 9.83. The number of nitrogens with one attached hydrogen (secondary N) is 1. The van der Waals surface area contributed by atoms with E-state index in [0.717, 1.165) is 39.8 Å². The number of carbonyl (C=O) groups is 1. The van der Waals surface area contributed by atoms with Crippen molar-refractivity contribution in [2.75, 3.05) is 32.2 Å². The number of aromatic nitrogens is 3.